The maximum atomic E-state index is 12.5. The fourth-order valence-electron chi connectivity index (χ4n) is 3.83. The van der Waals surface area contributed by atoms with Gasteiger partial charge in [0.05, 0.1) is 6.21 Å². The minimum absolute atomic E-state index is 0.236. The molecule has 0 saturated carbocycles. The Morgan fingerprint density at radius 2 is 1.71 bits per heavy atom. The second kappa shape index (κ2) is 8.88. The molecular weight excluding hydrogens is 384 g/mol. The number of aromatic nitrogens is 2. The number of para-hydroxylation sites is 1. The first-order valence-electron chi connectivity index (χ1n) is 10.4. The molecule has 0 unspecified atom stereocenters. The molecule has 0 fully saturated rings. The van der Waals surface area contributed by atoms with Gasteiger partial charge in [-0.25, -0.2) is 5.43 Å². The predicted octanol–water partition coefficient (Wildman–Crippen LogP) is 5.21. The molecule has 5 nitrogen and oxygen atoms in total. The van der Waals surface area contributed by atoms with Crippen LogP contribution in [-0.2, 0) is 6.42 Å². The number of aryl methyl sites for hydroxylation is 2. The number of amides is 1. The van der Waals surface area contributed by atoms with Gasteiger partial charge in [0.25, 0.3) is 5.91 Å². The zero-order valence-electron chi connectivity index (χ0n) is 18.0. The second-order valence-electron chi connectivity index (χ2n) is 7.48. The van der Waals surface area contributed by atoms with E-state index >= 15 is 0 Å². The van der Waals surface area contributed by atoms with Gasteiger partial charge in [-0.3, -0.25) is 4.79 Å². The molecule has 156 valence electrons. The van der Waals surface area contributed by atoms with Crippen molar-refractivity contribution < 1.29 is 4.79 Å². The highest BCUT2D eigenvalue weighted by Gasteiger charge is 2.12. The molecule has 4 rings (SSSR count). The lowest BCUT2D eigenvalue weighted by Crippen LogP contribution is -2.17. The molecule has 2 heterocycles. The first kappa shape index (κ1) is 20.4. The van der Waals surface area contributed by atoms with E-state index < -0.39 is 0 Å². The molecule has 0 spiro atoms. The van der Waals surface area contributed by atoms with Gasteiger partial charge in [-0.1, -0.05) is 25.1 Å². The standard InChI is InChI=1S/C26H26N4O/c1-4-21-9-5-6-10-25(21)30-19(2)17-23(20(30)3)18-27-28-26(31)22-11-13-24(14-12-22)29-15-7-8-16-29/h5-18H,4H2,1-3H3,(H,28,31)/b27-18+. The summed E-state index contributed by atoms with van der Waals surface area (Å²) in [6, 6.07) is 21.9. The molecule has 0 saturated heterocycles. The van der Waals surface area contributed by atoms with Gasteiger partial charge in [-0.15, -0.1) is 0 Å². The fraction of sp³-hybridized carbons (Fsp3) is 0.154. The van der Waals surface area contributed by atoms with E-state index in [2.05, 4.69) is 66.2 Å². The first-order valence-corrected chi connectivity index (χ1v) is 10.4. The number of hydrazone groups is 1. The molecule has 0 radical (unpaired) electrons. The van der Waals surface area contributed by atoms with Crippen LogP contribution in [0.5, 0.6) is 0 Å². The summed E-state index contributed by atoms with van der Waals surface area (Å²) in [5.74, 6) is -0.236. The van der Waals surface area contributed by atoms with Crippen LogP contribution in [0.3, 0.4) is 0 Å². The molecule has 1 N–H and O–H groups in total. The van der Waals surface area contributed by atoms with Crippen molar-refractivity contribution >= 4 is 12.1 Å². The van der Waals surface area contributed by atoms with Crippen molar-refractivity contribution in [3.05, 3.63) is 107 Å². The van der Waals surface area contributed by atoms with Crippen LogP contribution in [0, 0.1) is 13.8 Å². The van der Waals surface area contributed by atoms with Crippen molar-refractivity contribution in [2.45, 2.75) is 27.2 Å². The van der Waals surface area contributed by atoms with Crippen LogP contribution >= 0.6 is 0 Å². The van der Waals surface area contributed by atoms with Crippen LogP contribution in [0.1, 0.15) is 39.8 Å². The number of nitrogens with zero attached hydrogens (tertiary/aromatic N) is 3. The van der Waals surface area contributed by atoms with Gasteiger partial charge in [-0.2, -0.15) is 5.10 Å². The molecular formula is C26H26N4O. The Balaban J connectivity index is 1.49. The number of nitrogens with one attached hydrogen (secondary N) is 1. The Morgan fingerprint density at radius 3 is 2.42 bits per heavy atom. The monoisotopic (exact) mass is 410 g/mol. The van der Waals surface area contributed by atoms with E-state index in [1.54, 1.807) is 18.3 Å². The molecule has 0 aliphatic rings. The van der Waals surface area contributed by atoms with E-state index in [0.29, 0.717) is 5.56 Å². The molecule has 0 aliphatic heterocycles. The number of hydrogen-bond donors (Lipinski definition) is 1. The SMILES string of the molecule is CCc1ccccc1-n1c(C)cc(/C=N/NC(=O)c2ccc(-n3cccc3)cc2)c1C. The largest absolute Gasteiger partial charge is 0.324 e. The highest BCUT2D eigenvalue weighted by atomic mass is 16.2. The van der Waals surface area contributed by atoms with Gasteiger partial charge < -0.3 is 9.13 Å². The molecule has 0 bridgehead atoms. The van der Waals surface area contributed by atoms with Gasteiger partial charge in [0.2, 0.25) is 0 Å². The van der Waals surface area contributed by atoms with Gasteiger partial charge in [0, 0.05) is 46.3 Å². The third-order valence-electron chi connectivity index (χ3n) is 5.49. The lowest BCUT2D eigenvalue weighted by Gasteiger charge is -2.13. The van der Waals surface area contributed by atoms with E-state index in [9.17, 15) is 4.79 Å². The van der Waals surface area contributed by atoms with Crippen LogP contribution in [0.2, 0.25) is 0 Å². The summed E-state index contributed by atoms with van der Waals surface area (Å²) in [6.45, 7) is 6.32. The Morgan fingerprint density at radius 1 is 1.00 bits per heavy atom. The van der Waals surface area contributed by atoms with Crippen molar-refractivity contribution in [1.29, 1.82) is 0 Å². The number of hydrogen-bond acceptors (Lipinski definition) is 2. The van der Waals surface area contributed by atoms with Crippen LogP contribution in [0.25, 0.3) is 11.4 Å². The van der Waals surface area contributed by atoms with E-state index in [0.717, 1.165) is 29.1 Å². The fourth-order valence-corrected chi connectivity index (χ4v) is 3.83. The Kier molecular flexibility index (Phi) is 5.85. The molecule has 4 aromatic rings. The maximum absolute atomic E-state index is 12.5. The van der Waals surface area contributed by atoms with Gasteiger partial charge in [-0.05, 0) is 74.4 Å². The number of carbonyl (C=O) groups excluding carboxylic acids is 1. The summed E-state index contributed by atoms with van der Waals surface area (Å²) in [6.07, 6.45) is 6.61. The summed E-state index contributed by atoms with van der Waals surface area (Å²) in [7, 11) is 0. The third-order valence-corrected chi connectivity index (χ3v) is 5.49. The van der Waals surface area contributed by atoms with Crippen molar-refractivity contribution in [3.8, 4) is 11.4 Å². The smallest absolute Gasteiger partial charge is 0.271 e. The summed E-state index contributed by atoms with van der Waals surface area (Å²) < 4.78 is 4.23. The lowest BCUT2D eigenvalue weighted by atomic mass is 10.1. The van der Waals surface area contributed by atoms with Crippen LogP contribution in [0.4, 0.5) is 0 Å². The Labute approximate surface area is 182 Å². The van der Waals surface area contributed by atoms with Crippen LogP contribution in [-0.4, -0.2) is 21.3 Å². The average Bonchev–Trinajstić information content (AvgIpc) is 3.42. The molecule has 31 heavy (non-hydrogen) atoms. The van der Waals surface area contributed by atoms with Crippen LogP contribution in [0.15, 0.2) is 84.2 Å². The molecule has 2 aromatic carbocycles. The van der Waals surface area contributed by atoms with Crippen molar-refractivity contribution in [1.82, 2.24) is 14.6 Å². The first-order chi connectivity index (χ1) is 15.1. The highest BCUT2D eigenvalue weighted by Crippen LogP contribution is 2.23. The van der Waals surface area contributed by atoms with Crippen LogP contribution < -0.4 is 5.43 Å². The molecule has 0 aliphatic carbocycles. The Bertz CT molecular complexity index is 1220. The van der Waals surface area contributed by atoms with Gasteiger partial charge in [0.15, 0.2) is 0 Å². The van der Waals surface area contributed by atoms with E-state index in [4.69, 9.17) is 0 Å². The number of carbonyl (C=O) groups is 1. The summed E-state index contributed by atoms with van der Waals surface area (Å²) in [5, 5.41) is 4.20. The number of benzene rings is 2. The van der Waals surface area contributed by atoms with E-state index in [-0.39, 0.29) is 5.91 Å². The topological polar surface area (TPSA) is 51.3 Å². The summed E-state index contributed by atoms with van der Waals surface area (Å²) in [4.78, 5) is 12.5. The minimum atomic E-state index is -0.236. The molecule has 2 aromatic heterocycles. The predicted molar refractivity (Wildman–Crippen MR) is 125 cm³/mol. The van der Waals surface area contributed by atoms with Gasteiger partial charge >= 0.3 is 0 Å². The van der Waals surface area contributed by atoms with Crippen molar-refractivity contribution in [3.63, 3.8) is 0 Å². The summed E-state index contributed by atoms with van der Waals surface area (Å²) in [5.41, 5.74) is 9.89. The molecule has 0 atom stereocenters. The highest BCUT2D eigenvalue weighted by molar-refractivity contribution is 5.95. The van der Waals surface area contributed by atoms with E-state index in [1.807, 2.05) is 41.2 Å². The lowest BCUT2D eigenvalue weighted by molar-refractivity contribution is 0.0955. The van der Waals surface area contributed by atoms with Crippen molar-refractivity contribution in [2.24, 2.45) is 5.10 Å². The number of rotatable bonds is 6. The summed E-state index contributed by atoms with van der Waals surface area (Å²) >= 11 is 0. The van der Waals surface area contributed by atoms with Crippen molar-refractivity contribution in [2.75, 3.05) is 0 Å². The second-order valence-corrected chi connectivity index (χ2v) is 7.48. The normalized spacial score (nSPS) is 11.2. The third kappa shape index (κ3) is 4.21. The zero-order chi connectivity index (χ0) is 21.8. The average molecular weight is 411 g/mol. The van der Waals surface area contributed by atoms with E-state index in [1.165, 1.54) is 11.3 Å². The zero-order valence-corrected chi connectivity index (χ0v) is 18.0. The maximum Gasteiger partial charge on any atom is 0.271 e. The van der Waals surface area contributed by atoms with Gasteiger partial charge in [0.1, 0.15) is 0 Å². The molecule has 5 heteroatoms. The Hall–Kier alpha value is -3.86. The quantitative estimate of drug-likeness (QED) is 0.344. The minimum Gasteiger partial charge on any atom is -0.324 e. The molecule has 1 amide bonds.